The number of hydrogen-bond donors (Lipinski definition) is 0. The van der Waals surface area contributed by atoms with Crippen LogP contribution < -0.4 is 4.46 Å². The summed E-state index contributed by atoms with van der Waals surface area (Å²) in [5.74, 6) is 0. The molecule has 0 spiro atoms. The number of halogens is 2. The van der Waals surface area contributed by atoms with Crippen molar-refractivity contribution in [2.24, 2.45) is 0 Å². The van der Waals surface area contributed by atoms with Gasteiger partial charge in [-0.15, -0.1) is 0 Å². The zero-order chi connectivity index (χ0) is 8.43. The molecule has 0 N–H and O–H groups in total. The summed E-state index contributed by atoms with van der Waals surface area (Å²) in [5.41, 5.74) is 0.416. The van der Waals surface area contributed by atoms with Gasteiger partial charge in [-0.1, -0.05) is 0 Å². The summed E-state index contributed by atoms with van der Waals surface area (Å²) < 4.78 is 0.717. The molecule has 1 rings (SSSR count). The van der Waals surface area contributed by atoms with E-state index >= 15 is 0 Å². The van der Waals surface area contributed by atoms with Crippen LogP contribution in [-0.2, 0) is 0 Å². The number of carbonyl (C=O) groups excluding carboxylic acids is 1. The Bertz CT molecular complexity index is 298. The van der Waals surface area contributed by atoms with E-state index in [2.05, 4.69) is 16.0 Å². The van der Waals surface area contributed by atoms with E-state index in [1.165, 1.54) is 6.07 Å². The van der Waals surface area contributed by atoms with Crippen LogP contribution in [0, 0.1) is 0 Å². The van der Waals surface area contributed by atoms with Gasteiger partial charge in [0.2, 0.25) is 0 Å². The Morgan fingerprint density at radius 2 is 2.09 bits per heavy atom. The van der Waals surface area contributed by atoms with Crippen LogP contribution in [0.15, 0.2) is 18.2 Å². The van der Waals surface area contributed by atoms with Gasteiger partial charge in [0.25, 0.3) is 0 Å². The molecule has 0 aliphatic heterocycles. The number of hydrogen-bond acceptors (Lipinski definition) is 1. The Morgan fingerprint density at radius 3 is 2.55 bits per heavy atom. The Morgan fingerprint density at radius 1 is 1.45 bits per heavy atom. The first kappa shape index (κ1) is 9.08. The van der Waals surface area contributed by atoms with Crippen molar-refractivity contribution >= 4 is 48.9 Å². The van der Waals surface area contributed by atoms with E-state index in [1.807, 2.05) is 0 Å². The standard InChI is InChI=1S/C7H3Cl2OSe/c8-4-1-2-6(11)5(3-4)7(9)10/h1-3H. The molecule has 0 unspecified atom stereocenters. The van der Waals surface area contributed by atoms with Gasteiger partial charge in [0.15, 0.2) is 0 Å². The third-order valence-electron chi connectivity index (χ3n) is 1.15. The number of benzene rings is 1. The minimum absolute atomic E-state index is 0.416. The minimum atomic E-state index is -0.499. The fourth-order valence-electron chi connectivity index (χ4n) is 0.656. The van der Waals surface area contributed by atoms with Gasteiger partial charge in [-0.05, 0) is 0 Å². The van der Waals surface area contributed by atoms with Crippen LogP contribution in [0.5, 0.6) is 0 Å². The second-order valence-electron chi connectivity index (χ2n) is 1.91. The third kappa shape index (κ3) is 2.21. The summed E-state index contributed by atoms with van der Waals surface area (Å²) >= 11 is 13.6. The van der Waals surface area contributed by atoms with E-state index in [4.69, 9.17) is 23.2 Å². The molecule has 4 heteroatoms. The van der Waals surface area contributed by atoms with Gasteiger partial charge in [-0.3, -0.25) is 0 Å². The summed E-state index contributed by atoms with van der Waals surface area (Å²) in [4.78, 5) is 10.7. The van der Waals surface area contributed by atoms with E-state index in [1.54, 1.807) is 12.1 Å². The van der Waals surface area contributed by atoms with Gasteiger partial charge < -0.3 is 0 Å². The predicted molar refractivity (Wildman–Crippen MR) is 47.0 cm³/mol. The number of rotatable bonds is 1. The van der Waals surface area contributed by atoms with Crippen molar-refractivity contribution in [2.45, 2.75) is 0 Å². The first-order valence-electron chi connectivity index (χ1n) is 2.77. The van der Waals surface area contributed by atoms with E-state index < -0.39 is 5.24 Å². The van der Waals surface area contributed by atoms with E-state index in [-0.39, 0.29) is 0 Å². The topological polar surface area (TPSA) is 17.1 Å². The third-order valence-corrected chi connectivity index (χ3v) is 2.34. The predicted octanol–water partition coefficient (Wildman–Crippen LogP) is 1.51. The Balaban J connectivity index is 3.23. The molecule has 0 heterocycles. The van der Waals surface area contributed by atoms with Gasteiger partial charge in [0, 0.05) is 0 Å². The molecule has 0 amide bonds. The maximum absolute atomic E-state index is 10.7. The van der Waals surface area contributed by atoms with Crippen LogP contribution >= 0.6 is 23.2 Å². The van der Waals surface area contributed by atoms with E-state index in [9.17, 15) is 4.79 Å². The molecule has 11 heavy (non-hydrogen) atoms. The van der Waals surface area contributed by atoms with Crippen LogP contribution in [0.3, 0.4) is 0 Å². The zero-order valence-electron chi connectivity index (χ0n) is 5.30. The van der Waals surface area contributed by atoms with Crippen LogP contribution in [0.1, 0.15) is 10.4 Å². The molecular formula is C7H3Cl2OSe. The van der Waals surface area contributed by atoms with Crippen molar-refractivity contribution in [3.63, 3.8) is 0 Å². The Kier molecular flexibility index (Phi) is 2.97. The van der Waals surface area contributed by atoms with Crippen molar-refractivity contribution in [2.75, 3.05) is 0 Å². The molecule has 0 fully saturated rings. The fourth-order valence-corrected chi connectivity index (χ4v) is 1.57. The van der Waals surface area contributed by atoms with Crippen LogP contribution in [0.25, 0.3) is 0 Å². The van der Waals surface area contributed by atoms with Crippen molar-refractivity contribution in [1.29, 1.82) is 0 Å². The zero-order valence-corrected chi connectivity index (χ0v) is 8.53. The van der Waals surface area contributed by atoms with Gasteiger partial charge in [-0.25, -0.2) is 0 Å². The summed E-state index contributed by atoms with van der Waals surface area (Å²) in [7, 11) is 0. The average molecular weight is 253 g/mol. The molecule has 57 valence electrons. The second kappa shape index (κ2) is 3.59. The maximum atomic E-state index is 10.7. The molecule has 1 aromatic rings. The molecule has 0 saturated carbocycles. The van der Waals surface area contributed by atoms with Crippen molar-refractivity contribution in [1.82, 2.24) is 0 Å². The first-order valence-corrected chi connectivity index (χ1v) is 4.39. The molecule has 1 aromatic carbocycles. The monoisotopic (exact) mass is 253 g/mol. The van der Waals surface area contributed by atoms with Gasteiger partial charge in [-0.2, -0.15) is 0 Å². The van der Waals surface area contributed by atoms with Gasteiger partial charge in [0.05, 0.1) is 0 Å². The summed E-state index contributed by atoms with van der Waals surface area (Å²) in [5, 5.41) is 0.00856. The molecule has 1 radical (unpaired) electrons. The SMILES string of the molecule is O=C(Cl)c1cc(Cl)ccc1[Se]. The first-order chi connectivity index (χ1) is 5.11. The molecule has 0 saturated heterocycles. The average Bonchev–Trinajstić information content (AvgIpc) is 1.94. The normalized spacial score (nSPS) is 9.64. The quantitative estimate of drug-likeness (QED) is 0.547. The molecular weight excluding hydrogens is 250 g/mol. The molecule has 0 aromatic heterocycles. The van der Waals surface area contributed by atoms with Gasteiger partial charge >= 0.3 is 82.5 Å². The molecule has 0 aliphatic rings. The second-order valence-corrected chi connectivity index (χ2v) is 3.62. The van der Waals surface area contributed by atoms with Crippen LogP contribution in [0.4, 0.5) is 0 Å². The molecule has 0 atom stereocenters. The van der Waals surface area contributed by atoms with E-state index in [0.717, 1.165) is 4.46 Å². The summed E-state index contributed by atoms with van der Waals surface area (Å²) in [6, 6.07) is 4.93. The Hall–Kier alpha value is -0.0105. The molecule has 0 bridgehead atoms. The molecule has 1 nitrogen and oxygen atoms in total. The van der Waals surface area contributed by atoms with E-state index in [0.29, 0.717) is 10.6 Å². The summed E-state index contributed by atoms with van der Waals surface area (Å²) in [6.45, 7) is 0. The van der Waals surface area contributed by atoms with Crippen molar-refractivity contribution in [3.05, 3.63) is 28.8 Å². The van der Waals surface area contributed by atoms with Crippen molar-refractivity contribution < 1.29 is 4.79 Å². The van der Waals surface area contributed by atoms with Crippen LogP contribution in [-0.4, -0.2) is 21.3 Å². The number of carbonyl (C=O) groups is 1. The van der Waals surface area contributed by atoms with Gasteiger partial charge in [0.1, 0.15) is 0 Å². The Labute approximate surface area is 82.5 Å². The molecule has 0 aliphatic carbocycles. The van der Waals surface area contributed by atoms with Crippen molar-refractivity contribution in [3.8, 4) is 0 Å². The van der Waals surface area contributed by atoms with Crippen LogP contribution in [0.2, 0.25) is 5.02 Å². The summed E-state index contributed by atoms with van der Waals surface area (Å²) in [6.07, 6.45) is 0. The fraction of sp³-hybridized carbons (Fsp3) is 0.